The zero-order valence-electron chi connectivity index (χ0n) is 19.4. The number of carbonyl (C=O) groups excluding carboxylic acids is 4. The monoisotopic (exact) mass is 493 g/mol. The average molecular weight is 494 g/mol. The molecule has 2 saturated heterocycles. The molecule has 1 N–H and O–H groups in total. The van der Waals surface area contributed by atoms with Crippen LogP contribution in [0, 0.1) is 5.92 Å². The van der Waals surface area contributed by atoms with E-state index >= 15 is 0 Å². The normalized spacial score (nSPS) is 17.7. The van der Waals surface area contributed by atoms with Gasteiger partial charge in [0.05, 0.1) is 4.91 Å². The number of para-hydroxylation sites is 2. The van der Waals surface area contributed by atoms with Crippen LogP contribution < -0.4 is 10.1 Å². The van der Waals surface area contributed by atoms with E-state index in [2.05, 4.69) is 12.2 Å². The van der Waals surface area contributed by atoms with Crippen molar-refractivity contribution in [1.82, 2.24) is 9.80 Å². The number of nitrogens with zero attached hydrogens (tertiary/aromatic N) is 2. The molecule has 8 nitrogen and oxygen atoms in total. The van der Waals surface area contributed by atoms with Gasteiger partial charge in [-0.15, -0.1) is 0 Å². The number of amides is 4. The van der Waals surface area contributed by atoms with Crippen molar-refractivity contribution in [2.45, 2.75) is 19.8 Å². The second-order valence-corrected chi connectivity index (χ2v) is 9.57. The summed E-state index contributed by atoms with van der Waals surface area (Å²) in [5.41, 5.74) is 1.22. The Balaban J connectivity index is 1.39. The minimum atomic E-state index is -0.504. The van der Waals surface area contributed by atoms with Gasteiger partial charge < -0.3 is 15.0 Å². The Kier molecular flexibility index (Phi) is 7.87. The van der Waals surface area contributed by atoms with Crippen LogP contribution in [0.5, 0.6) is 5.75 Å². The average Bonchev–Trinajstić information content (AvgIpc) is 3.11. The highest BCUT2D eigenvalue weighted by molar-refractivity contribution is 8.18. The molecule has 4 rings (SSSR count). The van der Waals surface area contributed by atoms with Gasteiger partial charge in [-0.1, -0.05) is 43.3 Å². The Bertz CT molecular complexity index is 1140. The van der Waals surface area contributed by atoms with E-state index in [-0.39, 0.29) is 29.9 Å². The number of nitrogens with one attached hydrogen (secondary N) is 1. The first-order valence-corrected chi connectivity index (χ1v) is 12.3. The van der Waals surface area contributed by atoms with Crippen LogP contribution in [0.15, 0.2) is 59.5 Å². The molecule has 2 heterocycles. The minimum absolute atomic E-state index is 0.208. The lowest BCUT2D eigenvalue weighted by atomic mass is 9.99. The van der Waals surface area contributed by atoms with Gasteiger partial charge in [0.2, 0.25) is 5.91 Å². The van der Waals surface area contributed by atoms with Crippen LogP contribution in [0.1, 0.15) is 25.3 Å². The fraction of sp³-hybridized carbons (Fsp3) is 0.308. The van der Waals surface area contributed by atoms with Gasteiger partial charge in [-0.05, 0) is 54.8 Å². The van der Waals surface area contributed by atoms with Crippen LogP contribution >= 0.6 is 11.8 Å². The maximum absolute atomic E-state index is 12.9. The summed E-state index contributed by atoms with van der Waals surface area (Å²) in [6, 6.07) is 16.0. The molecule has 2 aliphatic rings. The molecule has 35 heavy (non-hydrogen) atoms. The van der Waals surface area contributed by atoms with Gasteiger partial charge in [0.15, 0.2) is 6.61 Å². The Morgan fingerprint density at radius 3 is 2.49 bits per heavy atom. The molecule has 2 aromatic rings. The van der Waals surface area contributed by atoms with Gasteiger partial charge in [-0.25, -0.2) is 0 Å². The van der Waals surface area contributed by atoms with Crippen molar-refractivity contribution in [2.24, 2.45) is 5.92 Å². The van der Waals surface area contributed by atoms with Crippen molar-refractivity contribution in [3.8, 4) is 5.75 Å². The number of piperidine rings is 1. The third kappa shape index (κ3) is 6.30. The van der Waals surface area contributed by atoms with E-state index < -0.39 is 11.1 Å². The summed E-state index contributed by atoms with van der Waals surface area (Å²) in [6.07, 6.45) is 3.41. The molecule has 0 bridgehead atoms. The zero-order valence-corrected chi connectivity index (χ0v) is 20.3. The number of hydrogen-bond acceptors (Lipinski definition) is 6. The Morgan fingerprint density at radius 1 is 1.06 bits per heavy atom. The SMILES string of the molecule is CC1CCN(C(=O)CN2C(=O)S/C(=C/c3ccccc3OCC(=O)Nc3ccccc3)C2=O)CC1. The highest BCUT2D eigenvalue weighted by Crippen LogP contribution is 2.34. The first-order valence-electron chi connectivity index (χ1n) is 11.5. The Morgan fingerprint density at radius 2 is 1.74 bits per heavy atom. The lowest BCUT2D eigenvalue weighted by Crippen LogP contribution is -2.45. The lowest BCUT2D eigenvalue weighted by Gasteiger charge is -2.31. The highest BCUT2D eigenvalue weighted by atomic mass is 32.2. The predicted molar refractivity (Wildman–Crippen MR) is 135 cm³/mol. The largest absolute Gasteiger partial charge is 0.483 e. The molecule has 0 unspecified atom stereocenters. The van der Waals surface area contributed by atoms with Crippen LogP contribution in [-0.2, 0) is 14.4 Å². The first-order chi connectivity index (χ1) is 16.9. The van der Waals surface area contributed by atoms with Crippen LogP contribution in [0.4, 0.5) is 10.5 Å². The number of carbonyl (C=O) groups is 4. The number of anilines is 1. The maximum Gasteiger partial charge on any atom is 0.294 e. The van der Waals surface area contributed by atoms with Crippen molar-refractivity contribution in [1.29, 1.82) is 0 Å². The smallest absolute Gasteiger partial charge is 0.294 e. The maximum atomic E-state index is 12.9. The third-order valence-corrected chi connectivity index (χ3v) is 6.83. The molecule has 0 atom stereocenters. The quantitative estimate of drug-likeness (QED) is 0.586. The van der Waals surface area contributed by atoms with Crippen molar-refractivity contribution >= 4 is 46.5 Å². The van der Waals surface area contributed by atoms with E-state index in [0.29, 0.717) is 36.0 Å². The third-order valence-electron chi connectivity index (χ3n) is 5.93. The molecule has 9 heteroatoms. The number of thioether (sulfide) groups is 1. The van der Waals surface area contributed by atoms with E-state index in [1.807, 2.05) is 18.2 Å². The van der Waals surface area contributed by atoms with E-state index in [4.69, 9.17) is 4.74 Å². The van der Waals surface area contributed by atoms with E-state index in [0.717, 1.165) is 29.5 Å². The summed E-state index contributed by atoms with van der Waals surface area (Å²) in [5, 5.41) is 2.27. The Labute approximate surface area is 208 Å². The van der Waals surface area contributed by atoms with Crippen molar-refractivity contribution < 1.29 is 23.9 Å². The summed E-state index contributed by atoms with van der Waals surface area (Å²) >= 11 is 0.793. The Hall–Kier alpha value is -3.59. The topological polar surface area (TPSA) is 96.0 Å². The molecular formula is C26H27N3O5S. The summed E-state index contributed by atoms with van der Waals surface area (Å²) in [5.74, 6) is -0.0622. The molecule has 2 aliphatic heterocycles. The fourth-order valence-electron chi connectivity index (χ4n) is 3.86. The number of benzene rings is 2. The number of rotatable bonds is 7. The van der Waals surface area contributed by atoms with Crippen LogP contribution in [-0.4, -0.2) is 59.0 Å². The van der Waals surface area contributed by atoms with Gasteiger partial charge >= 0.3 is 0 Å². The van der Waals surface area contributed by atoms with Crippen molar-refractivity contribution in [3.05, 3.63) is 65.1 Å². The van der Waals surface area contributed by atoms with Gasteiger partial charge in [0.1, 0.15) is 12.3 Å². The molecule has 0 spiro atoms. The molecule has 182 valence electrons. The van der Waals surface area contributed by atoms with Gasteiger partial charge in [-0.3, -0.25) is 24.1 Å². The summed E-state index contributed by atoms with van der Waals surface area (Å²) in [7, 11) is 0. The molecular weight excluding hydrogens is 466 g/mol. The fourth-order valence-corrected chi connectivity index (χ4v) is 4.69. The van der Waals surface area contributed by atoms with Crippen LogP contribution in [0.25, 0.3) is 6.08 Å². The van der Waals surface area contributed by atoms with Crippen LogP contribution in [0.3, 0.4) is 0 Å². The number of imide groups is 1. The number of ether oxygens (including phenoxy) is 1. The van der Waals surface area contributed by atoms with Crippen LogP contribution in [0.2, 0.25) is 0 Å². The standard InChI is InChI=1S/C26H27N3O5S/c1-18-11-13-28(14-12-18)24(31)16-29-25(32)22(35-26(29)33)15-19-7-5-6-10-21(19)34-17-23(30)27-20-8-3-2-4-9-20/h2-10,15,18H,11-14,16-17H2,1H3,(H,27,30)/b22-15+. The predicted octanol–water partition coefficient (Wildman–Crippen LogP) is 4.00. The molecule has 2 aromatic carbocycles. The number of hydrogen-bond donors (Lipinski definition) is 1. The first kappa shape index (κ1) is 24.5. The van der Waals surface area contributed by atoms with Crippen molar-refractivity contribution in [2.75, 3.05) is 31.6 Å². The second-order valence-electron chi connectivity index (χ2n) is 8.57. The van der Waals surface area contributed by atoms with E-state index in [1.54, 1.807) is 47.4 Å². The molecule has 0 saturated carbocycles. The van der Waals surface area contributed by atoms with Gasteiger partial charge in [-0.2, -0.15) is 0 Å². The minimum Gasteiger partial charge on any atom is -0.483 e. The number of likely N-dealkylation sites (tertiary alicyclic amines) is 1. The van der Waals surface area contributed by atoms with Gasteiger partial charge in [0, 0.05) is 24.3 Å². The molecule has 4 amide bonds. The molecule has 0 radical (unpaired) electrons. The second kappa shape index (κ2) is 11.2. The van der Waals surface area contributed by atoms with E-state index in [9.17, 15) is 19.2 Å². The summed E-state index contributed by atoms with van der Waals surface area (Å²) < 4.78 is 5.69. The molecule has 2 fully saturated rings. The lowest BCUT2D eigenvalue weighted by molar-refractivity contribution is -0.136. The summed E-state index contributed by atoms with van der Waals surface area (Å²) in [6.45, 7) is 2.97. The zero-order chi connectivity index (χ0) is 24.8. The summed E-state index contributed by atoms with van der Waals surface area (Å²) in [4.78, 5) is 53.2. The van der Waals surface area contributed by atoms with Crippen molar-refractivity contribution in [3.63, 3.8) is 0 Å². The molecule has 0 aliphatic carbocycles. The molecule has 0 aromatic heterocycles. The highest BCUT2D eigenvalue weighted by Gasteiger charge is 2.37. The van der Waals surface area contributed by atoms with E-state index in [1.165, 1.54) is 0 Å². The van der Waals surface area contributed by atoms with Gasteiger partial charge in [0.25, 0.3) is 17.1 Å².